The first-order valence-corrected chi connectivity index (χ1v) is 8.39. The van der Waals surface area contributed by atoms with E-state index in [2.05, 4.69) is 15.7 Å². The Morgan fingerprint density at radius 2 is 2.12 bits per heavy atom. The second kappa shape index (κ2) is 7.94. The van der Waals surface area contributed by atoms with E-state index in [0.29, 0.717) is 12.4 Å². The van der Waals surface area contributed by atoms with Crippen molar-refractivity contribution < 1.29 is 14.3 Å². The van der Waals surface area contributed by atoms with E-state index >= 15 is 0 Å². The summed E-state index contributed by atoms with van der Waals surface area (Å²) in [6, 6.07) is 11.1. The van der Waals surface area contributed by atoms with Crippen LogP contribution in [0, 0.1) is 0 Å². The third-order valence-corrected chi connectivity index (χ3v) is 4.10. The molecular formula is C18H22N4O3. The number of nitrogens with one attached hydrogen (secondary N) is 2. The minimum atomic E-state index is -0.269. The van der Waals surface area contributed by atoms with Crippen LogP contribution in [0.4, 0.5) is 5.82 Å². The van der Waals surface area contributed by atoms with Crippen LogP contribution in [0.5, 0.6) is 0 Å². The van der Waals surface area contributed by atoms with Crippen LogP contribution in [-0.4, -0.2) is 40.9 Å². The Balaban J connectivity index is 1.55. The summed E-state index contributed by atoms with van der Waals surface area (Å²) in [4.78, 5) is 24.3. The lowest BCUT2D eigenvalue weighted by Gasteiger charge is -2.09. The Hall–Kier alpha value is -2.67. The molecule has 0 spiro atoms. The van der Waals surface area contributed by atoms with E-state index in [0.717, 1.165) is 25.0 Å². The molecule has 2 N–H and O–H groups in total. The maximum atomic E-state index is 12.2. The second-order valence-electron chi connectivity index (χ2n) is 6.09. The van der Waals surface area contributed by atoms with Gasteiger partial charge in [-0.15, -0.1) is 0 Å². The van der Waals surface area contributed by atoms with Gasteiger partial charge in [0.05, 0.1) is 12.5 Å². The molecule has 25 heavy (non-hydrogen) atoms. The van der Waals surface area contributed by atoms with Crippen LogP contribution >= 0.6 is 0 Å². The van der Waals surface area contributed by atoms with Crippen LogP contribution in [-0.2, 0) is 23.0 Å². The summed E-state index contributed by atoms with van der Waals surface area (Å²) in [6.45, 7) is 1.23. The zero-order valence-corrected chi connectivity index (χ0v) is 14.2. The molecule has 1 saturated heterocycles. The summed E-state index contributed by atoms with van der Waals surface area (Å²) in [7, 11) is 1.69. The molecule has 1 fully saturated rings. The molecule has 7 heteroatoms. The zero-order chi connectivity index (χ0) is 17.6. The Labute approximate surface area is 146 Å². The van der Waals surface area contributed by atoms with Crippen molar-refractivity contribution in [1.29, 1.82) is 0 Å². The molecule has 0 radical (unpaired) electrons. The third kappa shape index (κ3) is 4.67. The predicted octanol–water partition coefficient (Wildman–Crippen LogP) is 1.51. The van der Waals surface area contributed by atoms with Gasteiger partial charge in [-0.25, -0.2) is 0 Å². The molecule has 2 amide bonds. The van der Waals surface area contributed by atoms with E-state index in [9.17, 15) is 9.59 Å². The van der Waals surface area contributed by atoms with Gasteiger partial charge in [0.15, 0.2) is 5.69 Å². The number of carbonyl (C=O) groups excluding carboxylic acids is 2. The maximum absolute atomic E-state index is 12.2. The van der Waals surface area contributed by atoms with Gasteiger partial charge in [0, 0.05) is 26.3 Å². The molecule has 1 aliphatic rings. The summed E-state index contributed by atoms with van der Waals surface area (Å²) in [5, 5.41) is 9.78. The van der Waals surface area contributed by atoms with Crippen LogP contribution in [0.25, 0.3) is 0 Å². The van der Waals surface area contributed by atoms with Gasteiger partial charge in [0.25, 0.3) is 5.91 Å². The smallest absolute Gasteiger partial charge is 0.271 e. The lowest BCUT2D eigenvalue weighted by Crippen LogP contribution is -2.32. The number of amides is 2. The van der Waals surface area contributed by atoms with Gasteiger partial charge in [-0.1, -0.05) is 30.3 Å². The SMILES string of the molecule is Cn1nc(C(=O)NCC2CCCO2)cc1NC(=O)Cc1ccccc1. The Kier molecular flexibility index (Phi) is 5.45. The molecule has 0 saturated carbocycles. The fraction of sp³-hybridized carbons (Fsp3) is 0.389. The average molecular weight is 342 g/mol. The first kappa shape index (κ1) is 17.2. The number of benzene rings is 1. The lowest BCUT2D eigenvalue weighted by atomic mass is 10.1. The summed E-state index contributed by atoms with van der Waals surface area (Å²) in [5.74, 6) is 0.0679. The van der Waals surface area contributed by atoms with E-state index < -0.39 is 0 Å². The van der Waals surface area contributed by atoms with Crippen LogP contribution in [0.3, 0.4) is 0 Å². The first-order valence-electron chi connectivity index (χ1n) is 8.39. The number of nitrogens with zero attached hydrogens (tertiary/aromatic N) is 2. The summed E-state index contributed by atoms with van der Waals surface area (Å²) < 4.78 is 6.97. The van der Waals surface area contributed by atoms with Gasteiger partial charge in [0.1, 0.15) is 5.82 Å². The molecule has 1 atom stereocenters. The molecule has 0 aliphatic carbocycles. The standard InChI is InChI=1S/C18H22N4O3/c1-22-16(20-17(23)10-13-6-3-2-4-7-13)11-15(21-22)18(24)19-12-14-8-5-9-25-14/h2-4,6-7,11,14H,5,8-10,12H2,1H3,(H,19,24)(H,20,23). The molecule has 1 aromatic heterocycles. The normalized spacial score (nSPS) is 16.6. The monoisotopic (exact) mass is 342 g/mol. The van der Waals surface area contributed by atoms with Gasteiger partial charge in [-0.3, -0.25) is 14.3 Å². The number of ether oxygens (including phenoxy) is 1. The number of aromatic nitrogens is 2. The fourth-order valence-electron chi connectivity index (χ4n) is 2.77. The van der Waals surface area contributed by atoms with Crippen molar-refractivity contribution in [3.8, 4) is 0 Å². The van der Waals surface area contributed by atoms with Crippen LogP contribution < -0.4 is 10.6 Å². The van der Waals surface area contributed by atoms with E-state index in [1.807, 2.05) is 30.3 Å². The van der Waals surface area contributed by atoms with Crippen LogP contribution in [0.2, 0.25) is 0 Å². The van der Waals surface area contributed by atoms with Gasteiger partial charge >= 0.3 is 0 Å². The van der Waals surface area contributed by atoms with Crippen LogP contribution in [0.1, 0.15) is 28.9 Å². The number of anilines is 1. The van der Waals surface area contributed by atoms with E-state index in [4.69, 9.17) is 4.74 Å². The summed E-state index contributed by atoms with van der Waals surface area (Å²) in [6.07, 6.45) is 2.34. The van der Waals surface area contributed by atoms with Crippen molar-refractivity contribution in [2.75, 3.05) is 18.5 Å². The van der Waals surface area contributed by atoms with E-state index in [1.54, 1.807) is 13.1 Å². The van der Waals surface area contributed by atoms with Gasteiger partial charge in [-0.2, -0.15) is 5.10 Å². The van der Waals surface area contributed by atoms with Crippen LogP contribution in [0.15, 0.2) is 36.4 Å². The fourth-order valence-corrected chi connectivity index (χ4v) is 2.77. The maximum Gasteiger partial charge on any atom is 0.271 e. The van der Waals surface area contributed by atoms with E-state index in [1.165, 1.54) is 4.68 Å². The molecule has 0 bridgehead atoms. The van der Waals surface area contributed by atoms with Gasteiger partial charge in [0.2, 0.25) is 5.91 Å². The summed E-state index contributed by atoms with van der Waals surface area (Å²) in [5.41, 5.74) is 1.20. The van der Waals surface area contributed by atoms with Crippen molar-refractivity contribution in [2.45, 2.75) is 25.4 Å². The molecule has 132 valence electrons. The number of carbonyl (C=O) groups is 2. The minimum Gasteiger partial charge on any atom is -0.376 e. The van der Waals surface area contributed by atoms with Gasteiger partial charge < -0.3 is 15.4 Å². The molecule has 7 nitrogen and oxygen atoms in total. The Morgan fingerprint density at radius 3 is 2.84 bits per heavy atom. The highest BCUT2D eigenvalue weighted by atomic mass is 16.5. The third-order valence-electron chi connectivity index (χ3n) is 4.10. The van der Waals surface area contributed by atoms with Crippen molar-refractivity contribution in [3.63, 3.8) is 0 Å². The highest BCUT2D eigenvalue weighted by Gasteiger charge is 2.19. The number of rotatable bonds is 6. The first-order chi connectivity index (χ1) is 12.1. The van der Waals surface area contributed by atoms with Crippen molar-refractivity contribution in [1.82, 2.24) is 15.1 Å². The molecule has 3 rings (SSSR count). The molecular weight excluding hydrogens is 320 g/mol. The molecule has 1 aliphatic heterocycles. The minimum absolute atomic E-state index is 0.0812. The molecule has 1 aromatic carbocycles. The molecule has 1 unspecified atom stereocenters. The highest BCUT2D eigenvalue weighted by molar-refractivity contribution is 5.95. The Bertz CT molecular complexity index is 736. The second-order valence-corrected chi connectivity index (χ2v) is 6.09. The van der Waals surface area contributed by atoms with Crippen molar-refractivity contribution in [3.05, 3.63) is 47.7 Å². The molecule has 2 heterocycles. The van der Waals surface area contributed by atoms with Crippen molar-refractivity contribution >= 4 is 17.6 Å². The highest BCUT2D eigenvalue weighted by Crippen LogP contribution is 2.12. The largest absolute Gasteiger partial charge is 0.376 e. The predicted molar refractivity (Wildman–Crippen MR) is 93.3 cm³/mol. The number of hydrogen-bond acceptors (Lipinski definition) is 4. The summed E-state index contributed by atoms with van der Waals surface area (Å²) >= 11 is 0. The topological polar surface area (TPSA) is 85.2 Å². The average Bonchev–Trinajstić information content (AvgIpc) is 3.24. The van der Waals surface area contributed by atoms with Crippen molar-refractivity contribution in [2.24, 2.45) is 7.05 Å². The van der Waals surface area contributed by atoms with Gasteiger partial charge in [-0.05, 0) is 18.4 Å². The van der Waals surface area contributed by atoms with E-state index in [-0.39, 0.29) is 30.0 Å². The zero-order valence-electron chi connectivity index (χ0n) is 14.2. The number of aryl methyl sites for hydroxylation is 1. The number of hydrogen-bond donors (Lipinski definition) is 2. The Morgan fingerprint density at radius 1 is 1.32 bits per heavy atom. The lowest BCUT2D eigenvalue weighted by molar-refractivity contribution is -0.115. The quantitative estimate of drug-likeness (QED) is 0.833. The molecule has 2 aromatic rings.